The minimum atomic E-state index is 0.574. The highest BCUT2D eigenvalue weighted by Crippen LogP contribution is 2.45. The third-order valence-corrected chi connectivity index (χ3v) is 5.83. The number of hydrogen-bond acceptors (Lipinski definition) is 4. The molecule has 2 aliphatic rings. The van der Waals surface area contributed by atoms with Crippen molar-refractivity contribution in [2.75, 3.05) is 45.4 Å². The normalized spacial score (nSPS) is 28.4. The summed E-state index contributed by atoms with van der Waals surface area (Å²) in [5.74, 6) is 6.36. The second-order valence-electron chi connectivity index (χ2n) is 6.13. The summed E-state index contributed by atoms with van der Waals surface area (Å²) >= 11 is 2.05. The van der Waals surface area contributed by atoms with E-state index in [4.69, 9.17) is 9.47 Å². The molecule has 0 bridgehead atoms. The van der Waals surface area contributed by atoms with Crippen molar-refractivity contribution in [2.24, 2.45) is 11.8 Å². The molecule has 0 saturated carbocycles. The molecule has 1 aromatic rings. The van der Waals surface area contributed by atoms with Crippen LogP contribution in [0.3, 0.4) is 0 Å². The van der Waals surface area contributed by atoms with Crippen molar-refractivity contribution in [3.05, 3.63) is 23.8 Å². The van der Waals surface area contributed by atoms with Gasteiger partial charge in [-0.1, -0.05) is 6.92 Å². The Hall–Kier alpha value is -0.870. The van der Waals surface area contributed by atoms with Gasteiger partial charge in [0, 0.05) is 30.5 Å². The molecule has 1 aromatic carbocycles. The van der Waals surface area contributed by atoms with Crippen molar-refractivity contribution in [2.45, 2.75) is 12.8 Å². The molecule has 0 N–H and O–H groups in total. The van der Waals surface area contributed by atoms with Crippen LogP contribution in [0.4, 0.5) is 0 Å². The van der Waals surface area contributed by atoms with Crippen LogP contribution in [0, 0.1) is 11.8 Å². The Bertz CT molecular complexity index is 494. The second kappa shape index (κ2) is 6.49. The SMILES string of the molecule is CCSC[C@H]1CN(C)C[C@H]2c3cc(OC)ccc3OC[C@H]12. The lowest BCUT2D eigenvalue weighted by Crippen LogP contribution is -2.48. The van der Waals surface area contributed by atoms with Gasteiger partial charge in [-0.2, -0.15) is 11.8 Å². The van der Waals surface area contributed by atoms with E-state index in [0.717, 1.165) is 30.6 Å². The predicted octanol–water partition coefficient (Wildman–Crippen LogP) is 3.10. The summed E-state index contributed by atoms with van der Waals surface area (Å²) in [7, 11) is 3.98. The van der Waals surface area contributed by atoms with Crippen molar-refractivity contribution >= 4 is 11.8 Å². The third-order valence-electron chi connectivity index (χ3n) is 4.76. The number of ether oxygens (including phenoxy) is 2. The van der Waals surface area contributed by atoms with E-state index in [2.05, 4.69) is 42.8 Å². The Labute approximate surface area is 132 Å². The molecule has 116 valence electrons. The van der Waals surface area contributed by atoms with E-state index in [9.17, 15) is 0 Å². The summed E-state index contributed by atoms with van der Waals surface area (Å²) in [4.78, 5) is 2.48. The predicted molar refractivity (Wildman–Crippen MR) is 88.7 cm³/mol. The molecule has 2 aliphatic heterocycles. The van der Waals surface area contributed by atoms with Crippen molar-refractivity contribution in [1.82, 2.24) is 4.90 Å². The van der Waals surface area contributed by atoms with E-state index in [1.165, 1.54) is 23.6 Å². The number of hydrogen-bond donors (Lipinski definition) is 0. The fraction of sp³-hybridized carbons (Fsp3) is 0.647. The van der Waals surface area contributed by atoms with Gasteiger partial charge in [-0.05, 0) is 42.7 Å². The Morgan fingerprint density at radius 1 is 1.38 bits per heavy atom. The Morgan fingerprint density at radius 2 is 2.24 bits per heavy atom. The summed E-state index contributed by atoms with van der Waals surface area (Å²) in [6.07, 6.45) is 0. The van der Waals surface area contributed by atoms with Crippen LogP contribution in [0.25, 0.3) is 0 Å². The van der Waals surface area contributed by atoms with Crippen LogP contribution in [-0.2, 0) is 0 Å². The van der Waals surface area contributed by atoms with Gasteiger partial charge in [-0.25, -0.2) is 0 Å². The monoisotopic (exact) mass is 307 g/mol. The summed E-state index contributed by atoms with van der Waals surface area (Å²) in [5, 5.41) is 0. The van der Waals surface area contributed by atoms with Gasteiger partial charge in [0.25, 0.3) is 0 Å². The van der Waals surface area contributed by atoms with Gasteiger partial charge >= 0.3 is 0 Å². The number of piperidine rings is 1. The molecule has 1 fully saturated rings. The van der Waals surface area contributed by atoms with E-state index in [0.29, 0.717) is 11.8 Å². The van der Waals surface area contributed by atoms with Gasteiger partial charge in [-0.15, -0.1) is 0 Å². The first kappa shape index (κ1) is 15.0. The maximum atomic E-state index is 6.05. The number of nitrogens with zero attached hydrogens (tertiary/aromatic N) is 1. The first-order valence-corrected chi connectivity index (χ1v) is 8.95. The zero-order chi connectivity index (χ0) is 14.8. The molecule has 0 radical (unpaired) electrons. The lowest BCUT2D eigenvalue weighted by Gasteiger charge is -2.45. The molecule has 0 spiro atoms. The molecule has 0 amide bonds. The number of benzene rings is 1. The van der Waals surface area contributed by atoms with Gasteiger partial charge in [0.05, 0.1) is 13.7 Å². The molecule has 1 saturated heterocycles. The van der Waals surface area contributed by atoms with Crippen LogP contribution in [0.1, 0.15) is 18.4 Å². The maximum Gasteiger partial charge on any atom is 0.123 e. The number of rotatable bonds is 4. The molecular formula is C17H25NO2S. The molecular weight excluding hydrogens is 282 g/mol. The standard InChI is InChI=1S/C17H25NO2S/c1-4-21-11-12-8-18(2)9-15-14-7-13(19-3)5-6-17(14)20-10-16(12)15/h5-7,12,15-16H,4,8-11H2,1-3H3/t12-,15+,16-/m1/s1. The zero-order valence-electron chi connectivity index (χ0n) is 13.2. The number of likely N-dealkylation sites (tertiary alicyclic amines) is 1. The van der Waals surface area contributed by atoms with Crippen molar-refractivity contribution < 1.29 is 9.47 Å². The van der Waals surface area contributed by atoms with Crippen LogP contribution in [-0.4, -0.2) is 50.3 Å². The van der Waals surface area contributed by atoms with Crippen LogP contribution in [0.2, 0.25) is 0 Å². The number of thioether (sulfide) groups is 1. The first-order chi connectivity index (χ1) is 10.2. The summed E-state index contributed by atoms with van der Waals surface area (Å²) in [6.45, 7) is 5.43. The number of fused-ring (bicyclic) bond motifs is 3. The minimum absolute atomic E-state index is 0.574. The van der Waals surface area contributed by atoms with Gasteiger partial charge in [-0.3, -0.25) is 0 Å². The van der Waals surface area contributed by atoms with Crippen LogP contribution in [0.5, 0.6) is 11.5 Å². The van der Waals surface area contributed by atoms with Gasteiger partial charge in [0.2, 0.25) is 0 Å². The van der Waals surface area contributed by atoms with E-state index in [1.54, 1.807) is 7.11 Å². The number of methoxy groups -OCH3 is 1. The van der Waals surface area contributed by atoms with E-state index in [1.807, 2.05) is 6.07 Å². The molecule has 4 heteroatoms. The van der Waals surface area contributed by atoms with Crippen LogP contribution >= 0.6 is 11.8 Å². The molecule has 3 rings (SSSR count). The Kier molecular flexibility index (Phi) is 4.65. The fourth-order valence-electron chi connectivity index (χ4n) is 3.70. The van der Waals surface area contributed by atoms with Crippen molar-refractivity contribution in [3.8, 4) is 11.5 Å². The largest absolute Gasteiger partial charge is 0.497 e. The topological polar surface area (TPSA) is 21.7 Å². The Balaban J connectivity index is 1.88. The summed E-state index contributed by atoms with van der Waals surface area (Å²) < 4.78 is 11.5. The van der Waals surface area contributed by atoms with Crippen LogP contribution < -0.4 is 9.47 Å². The van der Waals surface area contributed by atoms with Crippen molar-refractivity contribution in [3.63, 3.8) is 0 Å². The molecule has 21 heavy (non-hydrogen) atoms. The molecule has 2 heterocycles. The summed E-state index contributed by atoms with van der Waals surface area (Å²) in [5.41, 5.74) is 1.34. The average Bonchev–Trinajstić information content (AvgIpc) is 2.51. The lowest BCUT2D eigenvalue weighted by molar-refractivity contribution is 0.0703. The average molecular weight is 307 g/mol. The highest BCUT2D eigenvalue weighted by molar-refractivity contribution is 7.99. The Morgan fingerprint density at radius 3 is 3.00 bits per heavy atom. The highest BCUT2D eigenvalue weighted by Gasteiger charge is 2.40. The first-order valence-electron chi connectivity index (χ1n) is 7.80. The van der Waals surface area contributed by atoms with E-state index < -0.39 is 0 Å². The number of likely N-dealkylation sites (N-methyl/N-ethyl adjacent to an activating group) is 1. The quantitative estimate of drug-likeness (QED) is 0.852. The molecule has 3 nitrogen and oxygen atoms in total. The molecule has 3 atom stereocenters. The highest BCUT2D eigenvalue weighted by atomic mass is 32.2. The smallest absolute Gasteiger partial charge is 0.123 e. The fourth-order valence-corrected chi connectivity index (χ4v) is 4.59. The lowest BCUT2D eigenvalue weighted by atomic mass is 9.74. The molecule has 0 unspecified atom stereocenters. The molecule has 0 aliphatic carbocycles. The van der Waals surface area contributed by atoms with E-state index >= 15 is 0 Å². The minimum Gasteiger partial charge on any atom is -0.497 e. The summed E-state index contributed by atoms with van der Waals surface area (Å²) in [6, 6.07) is 6.24. The van der Waals surface area contributed by atoms with Gasteiger partial charge in [0.1, 0.15) is 11.5 Å². The zero-order valence-corrected chi connectivity index (χ0v) is 14.0. The van der Waals surface area contributed by atoms with E-state index in [-0.39, 0.29) is 0 Å². The second-order valence-corrected chi connectivity index (χ2v) is 7.44. The van der Waals surface area contributed by atoms with Gasteiger partial charge in [0.15, 0.2) is 0 Å². The van der Waals surface area contributed by atoms with Crippen LogP contribution in [0.15, 0.2) is 18.2 Å². The van der Waals surface area contributed by atoms with Gasteiger partial charge < -0.3 is 14.4 Å². The third kappa shape index (κ3) is 3.02. The maximum absolute atomic E-state index is 6.05. The molecule has 0 aromatic heterocycles. The van der Waals surface area contributed by atoms with Crippen molar-refractivity contribution in [1.29, 1.82) is 0 Å².